The molecule has 0 spiro atoms. The first-order valence-corrected chi connectivity index (χ1v) is 4.74. The van der Waals surface area contributed by atoms with Crippen molar-refractivity contribution in [3.63, 3.8) is 0 Å². The molecule has 79 valence electrons. The van der Waals surface area contributed by atoms with Gasteiger partial charge in [0.1, 0.15) is 0 Å². The van der Waals surface area contributed by atoms with Crippen molar-refractivity contribution in [2.45, 2.75) is 0 Å². The van der Waals surface area contributed by atoms with Gasteiger partial charge in [-0.1, -0.05) is 12.1 Å². The molecule has 0 saturated carbocycles. The Morgan fingerprint density at radius 1 is 0.667 bits per heavy atom. The zero-order valence-electron chi connectivity index (χ0n) is 8.26. The van der Waals surface area contributed by atoms with E-state index in [1.807, 2.05) is 30.3 Å². The first-order chi connectivity index (χ1) is 6.97. The summed E-state index contributed by atoms with van der Waals surface area (Å²) in [5.41, 5.74) is 2.66. The van der Waals surface area contributed by atoms with Crippen molar-refractivity contribution in [3.8, 4) is 11.1 Å². The topological polar surface area (TPSA) is 0 Å². The van der Waals surface area contributed by atoms with E-state index in [4.69, 9.17) is 0 Å². The van der Waals surface area contributed by atoms with E-state index in [0.29, 0.717) is 0 Å². The van der Waals surface area contributed by atoms with Gasteiger partial charge in [-0.3, -0.25) is 0 Å². The van der Waals surface area contributed by atoms with Crippen LogP contribution in [-0.4, -0.2) is 0 Å². The fourth-order valence-electron chi connectivity index (χ4n) is 1.39. The molecule has 0 fully saturated rings. The summed E-state index contributed by atoms with van der Waals surface area (Å²) in [5, 5.41) is 0. The van der Waals surface area contributed by atoms with E-state index in [2.05, 4.69) is 42.5 Å². The number of rotatable bonds is 0. The van der Waals surface area contributed by atoms with Crippen LogP contribution < -0.4 is 0 Å². The third-order valence-corrected chi connectivity index (χ3v) is 2.10. The van der Waals surface area contributed by atoms with Gasteiger partial charge in [-0.15, -0.1) is 17.2 Å². The molecular weight excluding hydrogens is 227 g/mol. The van der Waals surface area contributed by atoms with E-state index in [9.17, 15) is 0 Å². The normalized spacial score (nSPS) is 8.80. The second-order valence-corrected chi connectivity index (χ2v) is 3.12. The fourth-order valence-corrected chi connectivity index (χ4v) is 1.39. The van der Waals surface area contributed by atoms with Gasteiger partial charge < -0.3 is 0 Å². The van der Waals surface area contributed by atoms with Gasteiger partial charge in [0.25, 0.3) is 0 Å². The smallest absolute Gasteiger partial charge is 0 e. The minimum atomic E-state index is 0. The standard InChI is InChI=1S/C9H7.C5H5.Co/c1-2-5-9-7-3-6-8(9)4-1;1-2-4-5-3-1;/h1-7H;1-5H;/q2*-1;. The molecule has 1 radical (unpaired) electrons. The van der Waals surface area contributed by atoms with E-state index in [1.165, 1.54) is 11.1 Å². The molecule has 15 heavy (non-hydrogen) atoms. The second-order valence-electron chi connectivity index (χ2n) is 3.12. The second kappa shape index (κ2) is 6.22. The van der Waals surface area contributed by atoms with E-state index < -0.39 is 0 Å². The Kier molecular flexibility index (Phi) is 4.88. The van der Waals surface area contributed by atoms with Gasteiger partial charge in [-0.05, 0) is 0 Å². The first kappa shape index (κ1) is 11.8. The van der Waals surface area contributed by atoms with Crippen molar-refractivity contribution in [2.24, 2.45) is 0 Å². The molecule has 0 saturated heterocycles. The Balaban J connectivity index is 0.000000162. The molecule has 1 aromatic carbocycles. The van der Waals surface area contributed by atoms with Crippen LogP contribution in [0.2, 0.25) is 0 Å². The van der Waals surface area contributed by atoms with Crippen LogP contribution in [0.1, 0.15) is 0 Å². The van der Waals surface area contributed by atoms with Crippen LogP contribution in [0, 0.1) is 0 Å². The molecule has 0 heterocycles. The number of hydrogen-bond acceptors (Lipinski definition) is 0. The predicted octanol–water partition coefficient (Wildman–Crippen LogP) is 3.91. The minimum absolute atomic E-state index is 0. The zero-order chi connectivity index (χ0) is 9.64. The monoisotopic (exact) mass is 239 g/mol. The van der Waals surface area contributed by atoms with Gasteiger partial charge in [-0.25, -0.2) is 12.1 Å². The van der Waals surface area contributed by atoms with Crippen LogP contribution in [-0.2, 0) is 16.8 Å². The summed E-state index contributed by atoms with van der Waals surface area (Å²) >= 11 is 0. The summed E-state index contributed by atoms with van der Waals surface area (Å²) in [4.78, 5) is 0. The fraction of sp³-hybridized carbons (Fsp3) is 0. The third kappa shape index (κ3) is 3.39. The molecule has 0 amide bonds. The molecule has 0 unspecified atom stereocenters. The molecule has 2 aliphatic rings. The Morgan fingerprint density at radius 2 is 1.40 bits per heavy atom. The molecule has 0 aliphatic heterocycles. The third-order valence-electron chi connectivity index (χ3n) is 2.10. The van der Waals surface area contributed by atoms with Gasteiger partial charge >= 0.3 is 0 Å². The van der Waals surface area contributed by atoms with E-state index in [-0.39, 0.29) is 16.8 Å². The average molecular weight is 239 g/mol. The maximum Gasteiger partial charge on any atom is 0 e. The number of benzene rings is 1. The van der Waals surface area contributed by atoms with Crippen LogP contribution in [0.3, 0.4) is 0 Å². The molecule has 0 nitrogen and oxygen atoms in total. The van der Waals surface area contributed by atoms with Gasteiger partial charge in [0, 0.05) is 16.8 Å². The summed E-state index contributed by atoms with van der Waals surface area (Å²) in [6.07, 6.45) is 0. The largest absolute Gasteiger partial charge is 0.214 e. The van der Waals surface area contributed by atoms with Crippen LogP contribution >= 0.6 is 0 Å². The van der Waals surface area contributed by atoms with Crippen LogP contribution in [0.5, 0.6) is 0 Å². The molecule has 0 atom stereocenters. The van der Waals surface area contributed by atoms with E-state index in [0.717, 1.165) is 0 Å². The van der Waals surface area contributed by atoms with Gasteiger partial charge in [0.2, 0.25) is 0 Å². The van der Waals surface area contributed by atoms with Crippen molar-refractivity contribution in [3.05, 3.63) is 72.8 Å². The molecule has 0 aromatic heterocycles. The van der Waals surface area contributed by atoms with Crippen molar-refractivity contribution >= 4 is 0 Å². The van der Waals surface area contributed by atoms with Crippen molar-refractivity contribution in [1.29, 1.82) is 0 Å². The quantitative estimate of drug-likeness (QED) is 0.522. The van der Waals surface area contributed by atoms with Crippen LogP contribution in [0.25, 0.3) is 11.1 Å². The summed E-state index contributed by atoms with van der Waals surface area (Å²) < 4.78 is 0. The molecule has 2 aliphatic carbocycles. The molecule has 0 bridgehead atoms. The van der Waals surface area contributed by atoms with Crippen molar-refractivity contribution in [2.75, 3.05) is 0 Å². The van der Waals surface area contributed by atoms with Gasteiger partial charge in [0.15, 0.2) is 0 Å². The Hall–Kier alpha value is -1.31. The van der Waals surface area contributed by atoms with Gasteiger partial charge in [-0.2, -0.15) is 42.5 Å². The maximum atomic E-state index is 2.12. The summed E-state index contributed by atoms with van der Waals surface area (Å²) in [6.45, 7) is 0. The molecule has 0 N–H and O–H groups in total. The SMILES string of the molecule is [Co].c1cc2cc[cH-]cc-2c1.c1cc[cH-]c1. The molecule has 1 aromatic rings. The Bertz CT molecular complexity index is 378. The summed E-state index contributed by atoms with van der Waals surface area (Å²) in [7, 11) is 0. The maximum absolute atomic E-state index is 2.12. The van der Waals surface area contributed by atoms with E-state index >= 15 is 0 Å². The predicted molar refractivity (Wildman–Crippen MR) is 60.7 cm³/mol. The minimum Gasteiger partial charge on any atom is -0.214 e. The molecular formula is C14H12Co-2. The van der Waals surface area contributed by atoms with Crippen molar-refractivity contribution in [1.82, 2.24) is 0 Å². The summed E-state index contributed by atoms with van der Waals surface area (Å²) in [6, 6.07) is 24.7. The average Bonchev–Trinajstić information content (AvgIpc) is 2.92. The van der Waals surface area contributed by atoms with Crippen LogP contribution in [0.4, 0.5) is 0 Å². The van der Waals surface area contributed by atoms with Crippen LogP contribution in [0.15, 0.2) is 72.8 Å². The summed E-state index contributed by atoms with van der Waals surface area (Å²) in [5.74, 6) is 0. The van der Waals surface area contributed by atoms with Crippen molar-refractivity contribution < 1.29 is 16.8 Å². The first-order valence-electron chi connectivity index (χ1n) is 4.74. The Morgan fingerprint density at radius 3 is 2.00 bits per heavy atom. The van der Waals surface area contributed by atoms with Gasteiger partial charge in [0.05, 0.1) is 0 Å². The molecule has 1 heteroatoms. The molecule has 3 rings (SSSR count). The zero-order valence-corrected chi connectivity index (χ0v) is 9.30. The Labute approximate surface area is 101 Å². The number of fused-ring (bicyclic) bond motifs is 1. The number of hydrogen-bond donors (Lipinski definition) is 0. The van der Waals surface area contributed by atoms with E-state index in [1.54, 1.807) is 0 Å².